The van der Waals surface area contributed by atoms with Gasteiger partial charge in [-0.2, -0.15) is 0 Å². The first-order chi connectivity index (χ1) is 9.13. The normalized spacial score (nSPS) is 12.4. The van der Waals surface area contributed by atoms with Gasteiger partial charge in [-0.05, 0) is 26.2 Å². The molecular formula is C17H38ClNO. The van der Waals surface area contributed by atoms with Crippen LogP contribution in [-0.4, -0.2) is 31.9 Å². The average Bonchev–Trinajstić information content (AvgIpc) is 2.34. The number of quaternary nitrogens is 1. The standard InChI is InChI=1S/C17H37NO.ClH/c1-17(19)15-13-11-9-7-5-4-6-8-10-12-14-16-18(2)3;/h17,19H,4-16H2,1-3H3;1H. The molecule has 0 amide bonds. The number of hydrogen-bond donors (Lipinski definition) is 2. The molecule has 0 aromatic heterocycles. The summed E-state index contributed by atoms with van der Waals surface area (Å²) in [7, 11) is 4.47. The molecular weight excluding hydrogens is 270 g/mol. The molecule has 0 saturated heterocycles. The Kier molecular flexibility index (Phi) is 19.4. The lowest BCUT2D eigenvalue weighted by molar-refractivity contribution is -0.858. The Hall–Kier alpha value is 0.210. The molecule has 0 saturated carbocycles. The third-order valence-electron chi connectivity index (χ3n) is 3.80. The molecule has 20 heavy (non-hydrogen) atoms. The van der Waals surface area contributed by atoms with Crippen LogP contribution >= 0.6 is 0 Å². The predicted octanol–water partition coefficient (Wildman–Crippen LogP) is 0.197. The molecule has 3 heteroatoms. The first-order valence-electron chi connectivity index (χ1n) is 8.60. The van der Waals surface area contributed by atoms with Crippen molar-refractivity contribution >= 4 is 0 Å². The number of nitrogens with one attached hydrogen (secondary N) is 1. The summed E-state index contributed by atoms with van der Waals surface area (Å²) in [5.41, 5.74) is 0. The summed E-state index contributed by atoms with van der Waals surface area (Å²) in [5, 5.41) is 9.14. The molecule has 0 aromatic carbocycles. The number of halogens is 1. The molecule has 0 rings (SSSR count). The van der Waals surface area contributed by atoms with E-state index in [1.54, 1.807) is 4.90 Å². The summed E-state index contributed by atoms with van der Waals surface area (Å²) < 4.78 is 0. The maximum Gasteiger partial charge on any atom is 0.0766 e. The summed E-state index contributed by atoms with van der Waals surface area (Å²) in [4.78, 5) is 1.58. The first kappa shape index (κ1) is 22.5. The minimum Gasteiger partial charge on any atom is -1.00 e. The van der Waals surface area contributed by atoms with E-state index in [4.69, 9.17) is 5.11 Å². The van der Waals surface area contributed by atoms with Crippen molar-refractivity contribution in [3.05, 3.63) is 0 Å². The Morgan fingerprint density at radius 3 is 1.40 bits per heavy atom. The van der Waals surface area contributed by atoms with Crippen molar-refractivity contribution in [2.24, 2.45) is 0 Å². The fourth-order valence-electron chi connectivity index (χ4n) is 2.51. The number of rotatable bonds is 14. The second-order valence-electron chi connectivity index (χ2n) is 6.48. The van der Waals surface area contributed by atoms with Gasteiger partial charge in [-0.15, -0.1) is 0 Å². The van der Waals surface area contributed by atoms with Crippen molar-refractivity contribution in [2.75, 3.05) is 20.6 Å². The summed E-state index contributed by atoms with van der Waals surface area (Å²) in [6.45, 7) is 3.21. The lowest BCUT2D eigenvalue weighted by Gasteiger charge is -2.06. The molecule has 0 spiro atoms. The molecule has 124 valence electrons. The zero-order valence-corrected chi connectivity index (χ0v) is 14.9. The molecule has 0 radical (unpaired) electrons. The Morgan fingerprint density at radius 1 is 0.700 bits per heavy atom. The van der Waals surface area contributed by atoms with Crippen LogP contribution < -0.4 is 17.3 Å². The summed E-state index contributed by atoms with van der Waals surface area (Å²) in [5.74, 6) is 0. The van der Waals surface area contributed by atoms with Gasteiger partial charge in [0.25, 0.3) is 0 Å². The van der Waals surface area contributed by atoms with Crippen LogP contribution in [0.1, 0.15) is 84.0 Å². The van der Waals surface area contributed by atoms with Crippen molar-refractivity contribution in [3.8, 4) is 0 Å². The predicted molar refractivity (Wildman–Crippen MR) is 84.8 cm³/mol. The molecule has 0 heterocycles. The highest BCUT2D eigenvalue weighted by Gasteiger charge is 1.97. The minimum absolute atomic E-state index is 0. The van der Waals surface area contributed by atoms with Gasteiger partial charge in [0.1, 0.15) is 0 Å². The highest BCUT2D eigenvalue weighted by molar-refractivity contribution is 4.50. The third kappa shape index (κ3) is 20.5. The zero-order chi connectivity index (χ0) is 14.3. The van der Waals surface area contributed by atoms with Gasteiger partial charge in [-0.3, -0.25) is 0 Å². The van der Waals surface area contributed by atoms with Gasteiger partial charge in [-0.1, -0.05) is 57.8 Å². The largest absolute Gasteiger partial charge is 1.00 e. The van der Waals surface area contributed by atoms with Crippen LogP contribution in [0.4, 0.5) is 0 Å². The summed E-state index contributed by atoms with van der Waals surface area (Å²) in [6, 6.07) is 0. The van der Waals surface area contributed by atoms with Crippen molar-refractivity contribution < 1.29 is 22.4 Å². The van der Waals surface area contributed by atoms with Gasteiger partial charge < -0.3 is 22.4 Å². The van der Waals surface area contributed by atoms with E-state index in [9.17, 15) is 0 Å². The molecule has 1 unspecified atom stereocenters. The quantitative estimate of drug-likeness (QED) is 0.440. The fraction of sp³-hybridized carbons (Fsp3) is 1.00. The van der Waals surface area contributed by atoms with Crippen molar-refractivity contribution in [1.29, 1.82) is 0 Å². The first-order valence-corrected chi connectivity index (χ1v) is 8.60. The Labute approximate surface area is 133 Å². The van der Waals surface area contributed by atoms with Gasteiger partial charge in [0.05, 0.1) is 26.7 Å². The monoisotopic (exact) mass is 307 g/mol. The number of unbranched alkanes of at least 4 members (excludes halogenated alkanes) is 10. The fourth-order valence-corrected chi connectivity index (χ4v) is 2.51. The van der Waals surface area contributed by atoms with Gasteiger partial charge in [0.15, 0.2) is 0 Å². The van der Waals surface area contributed by atoms with Crippen LogP contribution in [0.3, 0.4) is 0 Å². The molecule has 1 atom stereocenters. The van der Waals surface area contributed by atoms with Gasteiger partial charge >= 0.3 is 0 Å². The second kappa shape index (κ2) is 17.3. The highest BCUT2D eigenvalue weighted by Crippen LogP contribution is 2.12. The summed E-state index contributed by atoms with van der Waals surface area (Å²) >= 11 is 0. The van der Waals surface area contributed by atoms with Crippen LogP contribution in [0, 0.1) is 0 Å². The Morgan fingerprint density at radius 2 is 1.05 bits per heavy atom. The maximum atomic E-state index is 9.14. The Bertz CT molecular complexity index is 156. The summed E-state index contributed by atoms with van der Waals surface area (Å²) in [6.07, 6.45) is 16.1. The Balaban J connectivity index is 0. The van der Waals surface area contributed by atoms with Crippen LogP contribution in [0.25, 0.3) is 0 Å². The number of aliphatic hydroxyl groups excluding tert-OH is 1. The average molecular weight is 308 g/mol. The van der Waals surface area contributed by atoms with Gasteiger partial charge in [0, 0.05) is 0 Å². The molecule has 0 bridgehead atoms. The maximum absolute atomic E-state index is 9.14. The van der Waals surface area contributed by atoms with E-state index in [2.05, 4.69) is 14.1 Å². The van der Waals surface area contributed by atoms with Crippen LogP contribution in [0.15, 0.2) is 0 Å². The molecule has 0 aliphatic carbocycles. The van der Waals surface area contributed by atoms with Gasteiger partial charge in [-0.25, -0.2) is 0 Å². The van der Waals surface area contributed by atoms with Crippen molar-refractivity contribution in [1.82, 2.24) is 0 Å². The minimum atomic E-state index is -0.103. The molecule has 0 aliphatic heterocycles. The molecule has 2 nitrogen and oxygen atoms in total. The molecule has 0 aliphatic rings. The van der Waals surface area contributed by atoms with E-state index in [-0.39, 0.29) is 18.5 Å². The van der Waals surface area contributed by atoms with E-state index in [1.807, 2.05) is 6.92 Å². The molecule has 2 N–H and O–H groups in total. The zero-order valence-electron chi connectivity index (χ0n) is 14.1. The van der Waals surface area contributed by atoms with Crippen molar-refractivity contribution in [2.45, 2.75) is 90.1 Å². The third-order valence-corrected chi connectivity index (χ3v) is 3.80. The second-order valence-corrected chi connectivity index (χ2v) is 6.48. The van der Waals surface area contributed by atoms with Crippen LogP contribution in [0.2, 0.25) is 0 Å². The smallest absolute Gasteiger partial charge is 0.0766 e. The number of hydrogen-bond acceptors (Lipinski definition) is 1. The lowest BCUT2D eigenvalue weighted by Crippen LogP contribution is -3.05. The van der Waals surface area contributed by atoms with E-state index in [1.165, 1.54) is 77.2 Å². The molecule has 0 fully saturated rings. The topological polar surface area (TPSA) is 24.7 Å². The van der Waals surface area contributed by atoms with Crippen molar-refractivity contribution in [3.63, 3.8) is 0 Å². The highest BCUT2D eigenvalue weighted by atomic mass is 35.5. The van der Waals surface area contributed by atoms with Crippen LogP contribution in [-0.2, 0) is 0 Å². The van der Waals surface area contributed by atoms with E-state index >= 15 is 0 Å². The number of aliphatic hydroxyl groups is 1. The lowest BCUT2D eigenvalue weighted by atomic mass is 10.0. The SMILES string of the molecule is CC(O)CCCCCCCCCCCCC[NH+](C)C.[Cl-]. The van der Waals surface area contributed by atoms with E-state index in [0.29, 0.717) is 0 Å². The van der Waals surface area contributed by atoms with Crippen LogP contribution in [0.5, 0.6) is 0 Å². The van der Waals surface area contributed by atoms with E-state index in [0.717, 1.165) is 6.42 Å². The van der Waals surface area contributed by atoms with Gasteiger partial charge in [0.2, 0.25) is 0 Å². The molecule has 0 aromatic rings. The van der Waals surface area contributed by atoms with E-state index < -0.39 is 0 Å².